The molecule has 14 aromatic carbocycles. The van der Waals surface area contributed by atoms with Gasteiger partial charge in [0.25, 0.3) is 0 Å². The number of fused-ring (bicyclic) bond motifs is 16. The van der Waals surface area contributed by atoms with Crippen molar-refractivity contribution in [3.63, 3.8) is 0 Å². The summed E-state index contributed by atoms with van der Waals surface area (Å²) in [6, 6.07) is 114. The van der Waals surface area contributed by atoms with Gasteiger partial charge in [0.2, 0.25) is 0 Å². The number of para-hydroxylation sites is 2. The summed E-state index contributed by atoms with van der Waals surface area (Å²) < 4.78 is 25.0. The highest BCUT2D eigenvalue weighted by atomic mass is 35.5. The van der Waals surface area contributed by atoms with E-state index >= 15 is 0 Å². The van der Waals surface area contributed by atoms with Crippen LogP contribution in [0, 0.1) is 0 Å². The molecule has 0 amide bonds. The lowest BCUT2D eigenvalue weighted by atomic mass is 9.67. The van der Waals surface area contributed by atoms with Crippen molar-refractivity contribution in [1.29, 1.82) is 0 Å². The molecule has 5 heterocycles. The van der Waals surface area contributed by atoms with E-state index in [1.807, 2.05) is 164 Å². The van der Waals surface area contributed by atoms with E-state index in [1.165, 1.54) is 120 Å². The average Bonchev–Trinajstić information content (AvgIpc) is 1.56. The number of nitrogens with zero attached hydrogens (tertiary/aromatic N) is 6. The fourth-order valence-electron chi connectivity index (χ4n) is 19.5. The third kappa shape index (κ3) is 13.3. The number of hydrogen-bond donors (Lipinski definition) is 0. The average molecular weight is 1580 g/mol. The van der Waals surface area contributed by atoms with Crippen molar-refractivity contribution in [2.45, 2.75) is 114 Å². The first kappa shape index (κ1) is 74.5. The highest BCUT2D eigenvalue weighted by molar-refractivity contribution is 6.62. The van der Waals surface area contributed by atoms with Crippen molar-refractivity contribution in [2.75, 3.05) is 0 Å². The molecule has 4 aromatic heterocycles. The first-order valence-corrected chi connectivity index (χ1v) is 42.5. The molecule has 12 heteroatoms. The van der Waals surface area contributed by atoms with E-state index in [1.54, 1.807) is 0 Å². The Morgan fingerprint density at radius 3 is 1.07 bits per heavy atom. The van der Waals surface area contributed by atoms with Crippen molar-refractivity contribution in [2.24, 2.45) is 0 Å². The maximum Gasteiger partial charge on any atom is 0.494 e. The molecule has 0 N–H and O–H groups in total. The number of benzene rings is 14. The van der Waals surface area contributed by atoms with Crippen LogP contribution in [0.1, 0.15) is 114 Å². The van der Waals surface area contributed by atoms with Crippen molar-refractivity contribution in [3.8, 4) is 124 Å². The minimum atomic E-state index is -0.306. The summed E-state index contributed by atoms with van der Waals surface area (Å²) in [5.74, 6) is 3.68. The first-order valence-electron chi connectivity index (χ1n) is 42.2. The number of hydrogen-bond acceptors (Lipinski definition) is 10. The molecule has 2 spiro atoms. The van der Waals surface area contributed by atoms with Crippen molar-refractivity contribution in [1.82, 2.24) is 29.9 Å². The largest absolute Gasteiger partial charge is 0.494 e. The monoisotopic (exact) mass is 1580 g/mol. The van der Waals surface area contributed by atoms with Gasteiger partial charge in [0.05, 0.1) is 11.2 Å². The first-order chi connectivity index (χ1) is 58.8. The van der Waals surface area contributed by atoms with Gasteiger partial charge in [-0.3, -0.25) is 0 Å². The van der Waals surface area contributed by atoms with Crippen LogP contribution in [0.5, 0.6) is 0 Å². The van der Waals surface area contributed by atoms with E-state index in [4.69, 9.17) is 59.6 Å². The zero-order valence-corrected chi connectivity index (χ0v) is 68.3. The van der Waals surface area contributed by atoms with Gasteiger partial charge in [0.15, 0.2) is 34.9 Å². The van der Waals surface area contributed by atoms with Crippen molar-refractivity contribution < 1.29 is 18.1 Å². The molecule has 5 aliphatic rings. The van der Waals surface area contributed by atoms with Crippen molar-refractivity contribution >= 4 is 68.1 Å². The Kier molecular flexibility index (Phi) is 18.9. The third-order valence-electron chi connectivity index (χ3n) is 26.0. The molecule has 4 aliphatic carbocycles. The molecule has 0 bridgehead atoms. The van der Waals surface area contributed by atoms with Gasteiger partial charge in [-0.05, 0) is 197 Å². The van der Waals surface area contributed by atoms with Gasteiger partial charge in [-0.25, -0.2) is 29.9 Å². The van der Waals surface area contributed by atoms with Gasteiger partial charge in [-0.2, -0.15) is 0 Å². The van der Waals surface area contributed by atoms with E-state index < -0.39 is 0 Å². The maximum atomic E-state index is 6.31. The Balaban J connectivity index is 0.000000119. The fourth-order valence-corrected chi connectivity index (χ4v) is 19.7. The topological polar surface area (TPSA) is 122 Å². The molecule has 0 atom stereocenters. The molecular formula is C108H86BClN6O4. The van der Waals surface area contributed by atoms with Crippen molar-refractivity contribution in [3.05, 3.63) is 355 Å². The quantitative estimate of drug-likeness (QED) is 0.122. The minimum Gasteiger partial charge on any atom is -0.456 e. The standard InChI is InChI=1S/C51H37N3O.C33H20ClN3O.C24H29BO2/c1-3-14-33(15-4-1)48-52-49(54-50(53-48)41-22-13-25-46-47(41)40-21-6-8-24-45(40)55-46)38-19-12-18-36(31-38)34-16-11-17-35(30-34)37-26-27-44-42(32-37)39-20-5-7-23-43(39)51(44)28-9-2-10-29-51;34-25-14-7-12-23(20-25)22-11-6-13-24(19-22)32-35-31(21-9-2-1-3-10-21)36-33(37-32)27-16-8-18-29-30(27)26-15-4-5-17-28(26)38-29;1-22(2)23(3,4)27-25(26-22)17-12-13-21-19(16-17)18-10-6-7-11-20(18)24(21)14-8-5-9-15-24/h1,3-8,11-27,30-32H,2,9-10,28-29H2;1-20H;6-7,10-13,16H,5,8-9,14-15H2,1-4H3. The Morgan fingerprint density at radius 2 is 0.592 bits per heavy atom. The summed E-state index contributed by atoms with van der Waals surface area (Å²) in [6.07, 6.45) is 13.0. The molecule has 0 unspecified atom stereocenters. The number of halogens is 1. The molecule has 10 nitrogen and oxygen atoms in total. The van der Waals surface area contributed by atoms with Crippen LogP contribution in [0.4, 0.5) is 0 Å². The van der Waals surface area contributed by atoms with Crippen LogP contribution in [-0.2, 0) is 20.1 Å². The molecule has 582 valence electrons. The van der Waals surface area contributed by atoms with Crippen LogP contribution in [-0.4, -0.2) is 48.2 Å². The Hall–Kier alpha value is -13.0. The second kappa shape index (κ2) is 30.4. The fraction of sp³-hybridized carbons (Fsp3) is 0.167. The SMILES string of the molecule is CC1(C)OB(c2ccc3c(c2)-c2ccccc2C32CCCCC2)OC1(C)C.Clc1cccc(-c2cccc(-c3nc(-c4ccccc4)nc(-c4cccc5oc6ccccc6c45)n3)c2)c1.c1ccc(-c2nc(-c3cccc(-c4cccc(-c5ccc6c(c5)-c5ccccc5C65CCCCC5)c4)c3)nc(-c3cccc4oc5ccccc5c34)n2)cc1. The second-order valence-corrected chi connectivity index (χ2v) is 34.1. The number of rotatable bonds is 10. The van der Waals surface area contributed by atoms with Gasteiger partial charge in [-0.1, -0.05) is 317 Å². The highest BCUT2D eigenvalue weighted by Gasteiger charge is 2.53. The van der Waals surface area contributed by atoms with Crippen LogP contribution in [0.25, 0.3) is 168 Å². The Bertz CT molecular complexity index is 6990. The Morgan fingerprint density at radius 1 is 0.258 bits per heavy atom. The van der Waals surface area contributed by atoms with Crippen LogP contribution in [0.2, 0.25) is 5.02 Å². The zero-order valence-electron chi connectivity index (χ0n) is 67.5. The van der Waals surface area contributed by atoms with Crippen LogP contribution < -0.4 is 5.46 Å². The van der Waals surface area contributed by atoms with Gasteiger partial charge >= 0.3 is 7.12 Å². The minimum absolute atomic E-state index is 0.166. The molecule has 2 saturated carbocycles. The second-order valence-electron chi connectivity index (χ2n) is 33.7. The van der Waals surface area contributed by atoms with E-state index in [0.717, 1.165) is 105 Å². The normalized spacial score (nSPS) is 15.6. The number of aromatic nitrogens is 6. The maximum absolute atomic E-state index is 6.31. The van der Waals surface area contributed by atoms with E-state index in [-0.39, 0.29) is 29.2 Å². The highest BCUT2D eigenvalue weighted by Crippen LogP contribution is 2.58. The van der Waals surface area contributed by atoms with E-state index in [0.29, 0.717) is 40.0 Å². The van der Waals surface area contributed by atoms with Crippen LogP contribution >= 0.6 is 11.6 Å². The van der Waals surface area contributed by atoms with E-state index in [2.05, 4.69) is 191 Å². The van der Waals surface area contributed by atoms with Gasteiger partial charge < -0.3 is 18.1 Å². The molecule has 0 radical (unpaired) electrons. The predicted molar refractivity (Wildman–Crippen MR) is 489 cm³/mol. The molecule has 18 aromatic rings. The molecule has 120 heavy (non-hydrogen) atoms. The lowest BCUT2D eigenvalue weighted by Gasteiger charge is -2.36. The summed E-state index contributed by atoms with van der Waals surface area (Å²) in [4.78, 5) is 30.2. The number of furan rings is 2. The Labute approximate surface area is 704 Å². The summed E-state index contributed by atoms with van der Waals surface area (Å²) in [7, 11) is -0.296. The van der Waals surface area contributed by atoms with Gasteiger partial charge in [-0.15, -0.1) is 0 Å². The zero-order chi connectivity index (χ0) is 80.7. The lowest BCUT2D eigenvalue weighted by molar-refractivity contribution is 0.00578. The smallest absolute Gasteiger partial charge is 0.456 e. The van der Waals surface area contributed by atoms with Gasteiger partial charge in [0, 0.05) is 70.8 Å². The molecular weight excluding hydrogens is 1490 g/mol. The molecule has 1 saturated heterocycles. The van der Waals surface area contributed by atoms with E-state index in [9.17, 15) is 0 Å². The molecule has 3 fully saturated rings. The van der Waals surface area contributed by atoms with Crippen LogP contribution in [0.3, 0.4) is 0 Å². The lowest BCUT2D eigenvalue weighted by Crippen LogP contribution is -2.41. The summed E-state index contributed by atoms with van der Waals surface area (Å²) in [5.41, 5.74) is 28.2. The summed E-state index contributed by atoms with van der Waals surface area (Å²) in [5, 5.41) is 4.77. The summed E-state index contributed by atoms with van der Waals surface area (Å²) >= 11 is 6.27. The molecule has 1 aliphatic heterocycles. The van der Waals surface area contributed by atoms with Crippen LogP contribution in [0.15, 0.2) is 336 Å². The summed E-state index contributed by atoms with van der Waals surface area (Å²) in [6.45, 7) is 8.47. The molecule has 23 rings (SSSR count). The third-order valence-corrected chi connectivity index (χ3v) is 26.3. The predicted octanol–water partition coefficient (Wildman–Crippen LogP) is 27.6. The van der Waals surface area contributed by atoms with Gasteiger partial charge in [0.1, 0.15) is 22.3 Å².